The number of hydrogen-bond donors (Lipinski definition) is 1. The van der Waals surface area contributed by atoms with Crippen LogP contribution in [0.25, 0.3) is 0 Å². The van der Waals surface area contributed by atoms with E-state index in [1.807, 2.05) is 39.8 Å². The Morgan fingerprint density at radius 3 is 2.60 bits per heavy atom. The van der Waals surface area contributed by atoms with E-state index in [-0.39, 0.29) is 12.2 Å². The van der Waals surface area contributed by atoms with Crippen LogP contribution in [-0.2, 0) is 9.57 Å². The molecule has 20 heavy (non-hydrogen) atoms. The van der Waals surface area contributed by atoms with Gasteiger partial charge in [-0.25, -0.2) is 0 Å². The summed E-state index contributed by atoms with van der Waals surface area (Å²) >= 11 is 11.2. The van der Waals surface area contributed by atoms with Gasteiger partial charge in [0.15, 0.2) is 0 Å². The first-order valence-electron chi connectivity index (χ1n) is 6.35. The molecule has 0 spiro atoms. The van der Waals surface area contributed by atoms with Gasteiger partial charge in [0.1, 0.15) is 6.10 Å². The smallest absolute Gasteiger partial charge is 0.261 e. The van der Waals surface area contributed by atoms with Crippen molar-refractivity contribution in [2.24, 2.45) is 5.16 Å². The van der Waals surface area contributed by atoms with E-state index >= 15 is 0 Å². The Morgan fingerprint density at radius 1 is 1.30 bits per heavy atom. The first-order valence-corrected chi connectivity index (χ1v) is 7.13. The van der Waals surface area contributed by atoms with Crippen LogP contribution < -0.4 is 5.32 Å². The average molecular weight is 315 g/mol. The highest BCUT2D eigenvalue weighted by Gasteiger charge is 2.04. The molecule has 0 unspecified atom stereocenters. The maximum absolute atomic E-state index is 6.09. The van der Waals surface area contributed by atoms with Crippen LogP contribution in [0.1, 0.15) is 33.3 Å². The van der Waals surface area contributed by atoms with Crippen molar-refractivity contribution >= 4 is 40.9 Å². The number of anilines is 1. The summed E-state index contributed by atoms with van der Waals surface area (Å²) in [5.41, 5.74) is 1.52. The van der Waals surface area contributed by atoms with E-state index in [0.717, 1.165) is 11.3 Å². The Bertz CT molecular complexity index is 490. The molecular formula is C14H19ClN2O2S. The van der Waals surface area contributed by atoms with Gasteiger partial charge < -0.3 is 14.9 Å². The maximum Gasteiger partial charge on any atom is 0.261 e. The lowest BCUT2D eigenvalue weighted by molar-refractivity contribution is 0.0874. The normalized spacial score (nSPS) is 11.2. The van der Waals surface area contributed by atoms with E-state index in [9.17, 15) is 0 Å². The summed E-state index contributed by atoms with van der Waals surface area (Å²) in [6.07, 6.45) is 1.63. The van der Waals surface area contributed by atoms with Gasteiger partial charge in [0.05, 0.1) is 12.3 Å². The molecule has 0 saturated heterocycles. The Balaban J connectivity index is 2.75. The van der Waals surface area contributed by atoms with Gasteiger partial charge in [0, 0.05) is 16.3 Å². The Hall–Kier alpha value is -1.33. The fraction of sp³-hybridized carbons (Fsp3) is 0.429. The zero-order valence-corrected chi connectivity index (χ0v) is 13.6. The number of nitrogens with one attached hydrogen (secondary N) is 1. The fourth-order valence-electron chi connectivity index (χ4n) is 1.29. The number of benzene rings is 1. The minimum Gasteiger partial charge on any atom is -0.468 e. The molecule has 0 aromatic heterocycles. The molecule has 0 bridgehead atoms. The lowest BCUT2D eigenvalue weighted by Gasteiger charge is -2.13. The van der Waals surface area contributed by atoms with Crippen molar-refractivity contribution in [1.29, 1.82) is 0 Å². The van der Waals surface area contributed by atoms with Crippen molar-refractivity contribution in [3.8, 4) is 0 Å². The van der Waals surface area contributed by atoms with Crippen molar-refractivity contribution in [3.63, 3.8) is 0 Å². The van der Waals surface area contributed by atoms with E-state index in [4.69, 9.17) is 33.4 Å². The van der Waals surface area contributed by atoms with Crippen molar-refractivity contribution in [2.75, 3.05) is 5.32 Å². The van der Waals surface area contributed by atoms with Crippen LogP contribution in [-0.4, -0.2) is 23.6 Å². The van der Waals surface area contributed by atoms with Crippen LogP contribution >= 0.6 is 23.8 Å². The van der Waals surface area contributed by atoms with E-state index in [1.54, 1.807) is 12.3 Å². The molecular weight excluding hydrogens is 296 g/mol. The Morgan fingerprint density at radius 2 is 2.00 bits per heavy atom. The molecule has 0 aliphatic carbocycles. The van der Waals surface area contributed by atoms with E-state index < -0.39 is 0 Å². The molecule has 4 nitrogen and oxygen atoms in total. The first-order chi connectivity index (χ1) is 9.38. The van der Waals surface area contributed by atoms with Gasteiger partial charge in [-0.2, -0.15) is 0 Å². The van der Waals surface area contributed by atoms with E-state index in [0.29, 0.717) is 10.2 Å². The minimum absolute atomic E-state index is 0.0263. The molecule has 0 amide bonds. The van der Waals surface area contributed by atoms with Crippen LogP contribution in [0.5, 0.6) is 0 Å². The minimum atomic E-state index is 0.0263. The number of halogens is 1. The van der Waals surface area contributed by atoms with Crippen LogP contribution in [0, 0.1) is 0 Å². The topological polar surface area (TPSA) is 42.8 Å². The number of thiocarbonyl (C=S) groups is 1. The third-order valence-electron chi connectivity index (χ3n) is 2.05. The zero-order valence-electron chi connectivity index (χ0n) is 12.0. The quantitative estimate of drug-likeness (QED) is 0.502. The number of hydrogen-bond acceptors (Lipinski definition) is 4. The molecule has 0 radical (unpaired) electrons. The van der Waals surface area contributed by atoms with Crippen LogP contribution in [0.3, 0.4) is 0 Å². The summed E-state index contributed by atoms with van der Waals surface area (Å²) in [6, 6.07) is 5.41. The van der Waals surface area contributed by atoms with Crippen molar-refractivity contribution in [1.82, 2.24) is 0 Å². The number of nitrogens with zero attached hydrogens (tertiary/aromatic N) is 1. The molecule has 110 valence electrons. The molecule has 0 heterocycles. The predicted octanol–water partition coefficient (Wildman–Crippen LogP) is 4.22. The SMILES string of the molecule is CC(C)ON=Cc1cc(NC(=S)OC(C)C)ccc1Cl. The van der Waals surface area contributed by atoms with Gasteiger partial charge in [0.25, 0.3) is 5.17 Å². The van der Waals surface area contributed by atoms with Crippen LogP contribution in [0.15, 0.2) is 23.4 Å². The summed E-state index contributed by atoms with van der Waals surface area (Å²) < 4.78 is 5.37. The maximum atomic E-state index is 6.09. The third-order valence-corrected chi connectivity index (χ3v) is 2.59. The van der Waals surface area contributed by atoms with Gasteiger partial charge >= 0.3 is 0 Å². The van der Waals surface area contributed by atoms with Crippen LogP contribution in [0.4, 0.5) is 5.69 Å². The molecule has 0 atom stereocenters. The highest BCUT2D eigenvalue weighted by molar-refractivity contribution is 7.80. The summed E-state index contributed by atoms with van der Waals surface area (Å²) in [5, 5.41) is 7.77. The fourth-order valence-corrected chi connectivity index (χ4v) is 1.77. The average Bonchev–Trinajstić information content (AvgIpc) is 2.31. The molecule has 1 N–H and O–H groups in total. The third kappa shape index (κ3) is 6.21. The molecule has 0 fully saturated rings. The zero-order chi connectivity index (χ0) is 15.1. The summed E-state index contributed by atoms with van der Waals surface area (Å²) in [6.45, 7) is 7.63. The lowest BCUT2D eigenvalue weighted by Crippen LogP contribution is -2.17. The lowest BCUT2D eigenvalue weighted by atomic mass is 10.2. The molecule has 6 heteroatoms. The van der Waals surface area contributed by atoms with Gasteiger partial charge in [-0.15, -0.1) is 0 Å². The van der Waals surface area contributed by atoms with Crippen molar-refractivity contribution in [3.05, 3.63) is 28.8 Å². The molecule has 0 aliphatic rings. The molecule has 1 rings (SSSR count). The van der Waals surface area contributed by atoms with Crippen LogP contribution in [0.2, 0.25) is 5.02 Å². The first kappa shape index (κ1) is 16.7. The van der Waals surface area contributed by atoms with E-state index in [2.05, 4.69) is 10.5 Å². The van der Waals surface area contributed by atoms with E-state index in [1.165, 1.54) is 0 Å². The van der Waals surface area contributed by atoms with Crippen molar-refractivity contribution < 1.29 is 9.57 Å². The second-order valence-electron chi connectivity index (χ2n) is 4.70. The van der Waals surface area contributed by atoms with Gasteiger partial charge in [0.2, 0.25) is 0 Å². The molecule has 0 aliphatic heterocycles. The summed E-state index contributed by atoms with van der Waals surface area (Å²) in [5.74, 6) is 0. The Kier molecular flexibility index (Phi) is 6.75. The summed E-state index contributed by atoms with van der Waals surface area (Å²) in [7, 11) is 0. The molecule has 1 aromatic rings. The second kappa shape index (κ2) is 8.07. The number of ether oxygens (including phenoxy) is 1. The van der Waals surface area contributed by atoms with Gasteiger partial charge in [-0.3, -0.25) is 0 Å². The second-order valence-corrected chi connectivity index (χ2v) is 5.48. The molecule has 0 saturated carbocycles. The van der Waals surface area contributed by atoms with Gasteiger partial charge in [-0.05, 0) is 58.1 Å². The highest BCUT2D eigenvalue weighted by Crippen LogP contribution is 2.19. The highest BCUT2D eigenvalue weighted by atomic mass is 35.5. The summed E-state index contributed by atoms with van der Waals surface area (Å²) in [4.78, 5) is 5.11. The Labute approximate surface area is 130 Å². The number of oxime groups is 1. The molecule has 1 aromatic carbocycles. The monoisotopic (exact) mass is 314 g/mol. The predicted molar refractivity (Wildman–Crippen MR) is 87.7 cm³/mol. The number of rotatable bonds is 5. The largest absolute Gasteiger partial charge is 0.468 e. The standard InChI is InChI=1S/C14H19ClN2O2S/c1-9(2)18-14(20)17-12-5-6-13(15)11(7-12)8-16-19-10(3)4/h5-10H,1-4H3,(H,17,20). The van der Waals surface area contributed by atoms with Gasteiger partial charge in [-0.1, -0.05) is 16.8 Å². The van der Waals surface area contributed by atoms with Crippen molar-refractivity contribution in [2.45, 2.75) is 39.9 Å².